The molecule has 0 saturated carbocycles. The minimum absolute atomic E-state index is 0. The number of halogens is 1. The number of carbonyl (C=O) groups is 2. The first kappa shape index (κ1) is 34.6. The number of hydrogen-bond donors (Lipinski definition) is 2. The number of nitrogens with one attached hydrogen (secondary N) is 1. The zero-order chi connectivity index (χ0) is 26.3. The average molecular weight is 578 g/mol. The third-order valence-corrected chi connectivity index (χ3v) is 7.22. The molecular formula is C25H22ClNNa2O8S. The van der Waals surface area contributed by atoms with Crippen LogP contribution in [0.2, 0.25) is 5.02 Å². The summed E-state index contributed by atoms with van der Waals surface area (Å²) in [5.41, 5.74) is 0.949. The summed E-state index contributed by atoms with van der Waals surface area (Å²) in [6.45, 7) is -0.0511. The van der Waals surface area contributed by atoms with Crippen LogP contribution in [-0.2, 0) is 21.1 Å². The van der Waals surface area contributed by atoms with Gasteiger partial charge in [-0.2, -0.15) is 0 Å². The van der Waals surface area contributed by atoms with Crippen LogP contribution in [-0.4, -0.2) is 45.2 Å². The fourth-order valence-corrected chi connectivity index (χ4v) is 4.86. The molecule has 0 amide bonds. The van der Waals surface area contributed by atoms with Gasteiger partial charge >= 0.3 is 59.1 Å². The number of rotatable bonds is 12. The average Bonchev–Trinajstić information content (AvgIpc) is 2.85. The van der Waals surface area contributed by atoms with Gasteiger partial charge in [0.1, 0.15) is 12.4 Å². The summed E-state index contributed by atoms with van der Waals surface area (Å²) < 4.78 is 30.8. The quantitative estimate of drug-likeness (QED) is 0.158. The molecule has 0 radical (unpaired) electrons. The van der Waals surface area contributed by atoms with E-state index in [9.17, 15) is 33.3 Å². The Kier molecular flexibility index (Phi) is 14.5. The van der Waals surface area contributed by atoms with Crippen molar-refractivity contribution < 1.29 is 97.2 Å². The second-order valence-electron chi connectivity index (χ2n) is 7.78. The van der Waals surface area contributed by atoms with Gasteiger partial charge in [0.25, 0.3) is 0 Å². The van der Waals surface area contributed by atoms with E-state index in [1.54, 1.807) is 36.4 Å². The van der Waals surface area contributed by atoms with Crippen molar-refractivity contribution in [2.75, 3.05) is 19.7 Å². The van der Waals surface area contributed by atoms with Gasteiger partial charge in [-0.05, 0) is 66.6 Å². The Morgan fingerprint density at radius 1 is 0.974 bits per heavy atom. The molecule has 2 N–H and O–H groups in total. The standard InChI is InChI=1S/C25H24ClNO8S.2Na/c26-18-3-1-2-17(12-18)22(28)14-27-11-10-16-4-6-19(7-5-16)36(33,34)20-8-9-23(35-15-24(29)30)21(13-20)25(31)32;;/h1-9,12-13,22,27-28H,10-11,14-15H2,(H,29,30)(H,31,32);;/q;2*+1/p-2/t22-;;/m0../s1. The summed E-state index contributed by atoms with van der Waals surface area (Å²) in [7, 11) is -4.07. The number of aliphatic hydroxyl groups excluding tert-OH is 1. The molecule has 3 rings (SSSR count). The van der Waals surface area contributed by atoms with Crippen molar-refractivity contribution in [1.29, 1.82) is 0 Å². The Morgan fingerprint density at radius 3 is 2.24 bits per heavy atom. The van der Waals surface area contributed by atoms with Crippen LogP contribution in [0.4, 0.5) is 0 Å². The summed E-state index contributed by atoms with van der Waals surface area (Å²) in [5, 5.41) is 35.9. The van der Waals surface area contributed by atoms with E-state index in [1.165, 1.54) is 12.1 Å². The summed E-state index contributed by atoms with van der Waals surface area (Å²) in [5.74, 6) is -3.63. The Morgan fingerprint density at radius 2 is 1.63 bits per heavy atom. The Hall–Kier alpha value is -1.44. The van der Waals surface area contributed by atoms with Crippen molar-refractivity contribution in [2.24, 2.45) is 0 Å². The van der Waals surface area contributed by atoms with Crippen molar-refractivity contribution in [2.45, 2.75) is 22.3 Å². The van der Waals surface area contributed by atoms with E-state index in [4.69, 9.17) is 16.3 Å². The Bertz CT molecular complexity index is 1350. The zero-order valence-corrected chi connectivity index (χ0v) is 26.4. The van der Waals surface area contributed by atoms with Crippen molar-refractivity contribution in [3.63, 3.8) is 0 Å². The van der Waals surface area contributed by atoms with Gasteiger partial charge in [-0.25, -0.2) is 8.42 Å². The van der Waals surface area contributed by atoms with Crippen LogP contribution >= 0.6 is 11.6 Å². The zero-order valence-electron chi connectivity index (χ0n) is 20.8. The maximum Gasteiger partial charge on any atom is 1.00 e. The van der Waals surface area contributed by atoms with Gasteiger partial charge in [-0.3, -0.25) is 0 Å². The van der Waals surface area contributed by atoms with Crippen molar-refractivity contribution in [3.05, 3.63) is 88.4 Å². The molecule has 0 aliphatic heterocycles. The fourth-order valence-electron chi connectivity index (χ4n) is 3.37. The van der Waals surface area contributed by atoms with Crippen LogP contribution in [0.3, 0.4) is 0 Å². The van der Waals surface area contributed by atoms with Gasteiger partial charge in [0.15, 0.2) is 0 Å². The number of carboxylic acid groups (broad SMARTS) is 2. The molecule has 1 atom stereocenters. The number of sulfone groups is 1. The van der Waals surface area contributed by atoms with Gasteiger partial charge in [-0.1, -0.05) is 35.9 Å². The molecule has 0 bridgehead atoms. The number of benzene rings is 3. The number of carbonyl (C=O) groups excluding carboxylic acids is 2. The van der Waals surface area contributed by atoms with Crippen molar-refractivity contribution in [3.8, 4) is 5.75 Å². The molecule has 3 aromatic rings. The van der Waals surface area contributed by atoms with E-state index in [0.29, 0.717) is 30.1 Å². The maximum absolute atomic E-state index is 13.0. The van der Waals surface area contributed by atoms with Crippen LogP contribution in [0.15, 0.2) is 76.5 Å². The number of aliphatic hydroxyl groups is 1. The first-order valence-corrected chi connectivity index (χ1v) is 12.6. The molecule has 0 aliphatic rings. The fraction of sp³-hybridized carbons (Fsp3) is 0.200. The van der Waals surface area contributed by atoms with Crippen LogP contribution in [0.25, 0.3) is 0 Å². The molecular weight excluding hydrogens is 556 g/mol. The molecule has 13 heteroatoms. The Labute approximate surface area is 269 Å². The topological polar surface area (TPSA) is 156 Å². The molecule has 0 aliphatic carbocycles. The third-order valence-electron chi connectivity index (χ3n) is 5.22. The van der Waals surface area contributed by atoms with Gasteiger partial charge in [-0.15, -0.1) is 0 Å². The largest absolute Gasteiger partial charge is 1.00 e. The minimum atomic E-state index is -4.07. The van der Waals surface area contributed by atoms with Crippen LogP contribution in [0.5, 0.6) is 5.75 Å². The van der Waals surface area contributed by atoms with Gasteiger partial charge in [0.2, 0.25) is 9.84 Å². The van der Waals surface area contributed by atoms with Gasteiger partial charge in [0, 0.05) is 17.1 Å². The van der Waals surface area contributed by atoms with E-state index in [-0.39, 0.29) is 74.7 Å². The molecule has 0 spiro atoms. The molecule has 190 valence electrons. The predicted molar refractivity (Wildman–Crippen MR) is 126 cm³/mol. The van der Waals surface area contributed by atoms with E-state index in [0.717, 1.165) is 23.8 Å². The first-order chi connectivity index (χ1) is 17.1. The van der Waals surface area contributed by atoms with Crippen LogP contribution in [0, 0.1) is 0 Å². The van der Waals surface area contributed by atoms with Crippen molar-refractivity contribution in [1.82, 2.24) is 5.32 Å². The summed E-state index contributed by atoms with van der Waals surface area (Å²) in [4.78, 5) is 21.6. The molecule has 0 aromatic heterocycles. The molecule has 0 saturated heterocycles. The monoisotopic (exact) mass is 577 g/mol. The summed E-state index contributed by atoms with van der Waals surface area (Å²) >= 11 is 5.94. The molecule has 0 fully saturated rings. The third kappa shape index (κ3) is 9.63. The number of ether oxygens (including phenoxy) is 1. The molecule has 9 nitrogen and oxygen atoms in total. The van der Waals surface area contributed by atoms with Gasteiger partial charge in [0.05, 0.1) is 27.8 Å². The Balaban J connectivity index is 0.00000361. The number of carboxylic acids is 2. The molecule has 0 heterocycles. The van der Waals surface area contributed by atoms with Crippen molar-refractivity contribution >= 4 is 33.4 Å². The van der Waals surface area contributed by atoms with Crippen LogP contribution < -0.4 is 79.4 Å². The summed E-state index contributed by atoms with van der Waals surface area (Å²) in [6.07, 6.45) is -0.151. The second kappa shape index (κ2) is 16.0. The SMILES string of the molecule is O=C([O-])COc1ccc(S(=O)(=O)c2ccc(CCNC[C@H](O)c3cccc(Cl)c3)cc2)cc1C(=O)[O-].[Na+].[Na+]. The minimum Gasteiger partial charge on any atom is -0.546 e. The molecule has 38 heavy (non-hydrogen) atoms. The van der Waals surface area contributed by atoms with Crippen LogP contribution in [0.1, 0.15) is 27.6 Å². The number of hydrogen-bond acceptors (Lipinski definition) is 9. The van der Waals surface area contributed by atoms with E-state index < -0.39 is 40.1 Å². The molecule has 0 unspecified atom stereocenters. The number of aromatic carboxylic acids is 1. The second-order valence-corrected chi connectivity index (χ2v) is 10.2. The summed E-state index contributed by atoms with van der Waals surface area (Å²) in [6, 6.07) is 16.1. The maximum atomic E-state index is 13.0. The van der Waals surface area contributed by atoms with Gasteiger partial charge < -0.3 is 35.0 Å². The normalized spacial score (nSPS) is 11.5. The van der Waals surface area contributed by atoms with E-state index in [2.05, 4.69) is 5.32 Å². The predicted octanol–water partition coefficient (Wildman–Crippen LogP) is -5.46. The molecule has 3 aromatic carbocycles. The number of aliphatic carboxylic acids is 1. The first-order valence-electron chi connectivity index (χ1n) is 10.7. The van der Waals surface area contributed by atoms with E-state index >= 15 is 0 Å². The van der Waals surface area contributed by atoms with E-state index in [1.807, 2.05) is 0 Å². The smallest absolute Gasteiger partial charge is 0.546 e.